The molecule has 16 nitrogen and oxygen atoms in total. The zero-order valence-electron chi connectivity index (χ0n) is 30.7. The minimum atomic E-state index is -4.61. The van der Waals surface area contributed by atoms with Gasteiger partial charge in [-0.3, -0.25) is 14.6 Å². The molecule has 3 aromatic heterocycles. The first-order chi connectivity index (χ1) is 27.8. The Kier molecular flexibility index (Phi) is 11.5. The number of carbonyl (C=O) groups excluding carboxylic acids is 2. The van der Waals surface area contributed by atoms with Crippen LogP contribution in [0.25, 0.3) is 0 Å². The van der Waals surface area contributed by atoms with Crippen LogP contribution in [0.5, 0.6) is 0 Å². The molecule has 3 amide bonds. The summed E-state index contributed by atoms with van der Waals surface area (Å²) in [4.78, 5) is 56.2. The number of pyridine rings is 1. The molecule has 58 heavy (non-hydrogen) atoms. The highest BCUT2D eigenvalue weighted by atomic mass is 79.9. The lowest BCUT2D eigenvalue weighted by molar-refractivity contribution is -0.137. The molecule has 0 bridgehead atoms. The number of carbonyl (C=O) groups is 3. The van der Waals surface area contributed by atoms with Gasteiger partial charge in [-0.2, -0.15) is 23.1 Å². The number of amides is 3. The van der Waals surface area contributed by atoms with Gasteiger partial charge in [-0.1, -0.05) is 12.1 Å². The van der Waals surface area contributed by atoms with E-state index in [2.05, 4.69) is 72.8 Å². The van der Waals surface area contributed by atoms with Crippen molar-refractivity contribution in [1.82, 2.24) is 29.8 Å². The number of aromatic nitrogens is 5. The van der Waals surface area contributed by atoms with Crippen molar-refractivity contribution in [2.24, 2.45) is 0 Å². The molecule has 1 fully saturated rings. The van der Waals surface area contributed by atoms with Gasteiger partial charge in [-0.25, -0.2) is 14.8 Å². The van der Waals surface area contributed by atoms with Crippen molar-refractivity contribution in [2.45, 2.75) is 51.4 Å². The molecule has 0 aliphatic carbocycles. The molecule has 5 aromatic rings. The molecule has 6 heterocycles. The van der Waals surface area contributed by atoms with E-state index in [9.17, 15) is 27.6 Å². The molecule has 0 unspecified atom stereocenters. The molecule has 7 N–H and O–H groups in total. The van der Waals surface area contributed by atoms with Gasteiger partial charge in [0.1, 0.15) is 17.2 Å². The summed E-state index contributed by atoms with van der Waals surface area (Å²) in [6.45, 7) is 2.91. The Bertz CT molecular complexity index is 2380. The minimum Gasteiger partial charge on any atom is -0.465 e. The molecule has 3 aliphatic heterocycles. The molecule has 0 radical (unpaired) electrons. The standard InChI is InChI=1S/C20H17F3N6O.C18H19BrN6O3/c1-11-3-2-6-24-16(11)10-25-18-14(20(21,22)23)9-26-19(29-18)27-13-5-4-12-7-17(30)28-15(12)8-13;19-13-9-20-17(22-12-1-2-14-10(7-12)8-15(26)23-14)24-16(13)21-11-3-5-25(6-4-11)18(27)28/h2-6,8-9H,7,10H2,1H3,(H,28,30)(H2,25,26,27,29);1-2,7,9,11H,3-6,8H2,(H,23,26)(H,27,28)(H2,20,21,22,24). The first-order valence-electron chi connectivity index (χ1n) is 18.0. The monoisotopic (exact) mass is 860 g/mol. The van der Waals surface area contributed by atoms with Gasteiger partial charge in [0.25, 0.3) is 0 Å². The molecule has 8 rings (SSSR count). The highest BCUT2D eigenvalue weighted by Gasteiger charge is 2.35. The van der Waals surface area contributed by atoms with E-state index in [1.807, 2.05) is 31.2 Å². The van der Waals surface area contributed by atoms with Crippen LogP contribution in [0.4, 0.5) is 64.2 Å². The van der Waals surface area contributed by atoms with Gasteiger partial charge < -0.3 is 41.9 Å². The summed E-state index contributed by atoms with van der Waals surface area (Å²) in [6.07, 6.45) is 0.599. The van der Waals surface area contributed by atoms with Crippen molar-refractivity contribution in [3.05, 3.63) is 99.5 Å². The number of nitrogens with one attached hydrogen (secondary N) is 6. The summed E-state index contributed by atoms with van der Waals surface area (Å²) >= 11 is 3.46. The molecular formula is C38H36BrF3N12O4. The van der Waals surface area contributed by atoms with E-state index in [1.54, 1.807) is 36.7 Å². The van der Waals surface area contributed by atoms with E-state index in [4.69, 9.17) is 5.11 Å². The Labute approximate surface area is 337 Å². The zero-order valence-corrected chi connectivity index (χ0v) is 32.3. The number of hydrogen-bond acceptors (Lipinski definition) is 12. The highest BCUT2D eigenvalue weighted by Crippen LogP contribution is 2.35. The second-order valence-corrected chi connectivity index (χ2v) is 14.5. The second kappa shape index (κ2) is 16.9. The SMILES string of the molecule is Cc1cccnc1CNc1nc(Nc2ccc3c(c2)NC(=O)C3)ncc1C(F)(F)F.O=C1Cc2cc(Nc3ncc(Br)c(NC4CCN(C(=O)O)CC4)n3)ccc2N1. The lowest BCUT2D eigenvalue weighted by Gasteiger charge is -2.30. The Balaban J connectivity index is 0.000000177. The number of halogens is 4. The molecule has 0 spiro atoms. The Morgan fingerprint density at radius 1 is 0.879 bits per heavy atom. The van der Waals surface area contributed by atoms with Crippen LogP contribution >= 0.6 is 15.9 Å². The molecule has 20 heteroatoms. The smallest absolute Gasteiger partial charge is 0.421 e. The number of alkyl halides is 3. The fourth-order valence-corrected chi connectivity index (χ4v) is 6.76. The maximum absolute atomic E-state index is 13.4. The van der Waals surface area contributed by atoms with Crippen molar-refractivity contribution in [1.29, 1.82) is 0 Å². The number of anilines is 8. The van der Waals surface area contributed by atoms with Crippen LogP contribution in [-0.2, 0) is 35.2 Å². The maximum Gasteiger partial charge on any atom is 0.421 e. The quantitative estimate of drug-likeness (QED) is 0.0791. The molecule has 3 aliphatic rings. The average Bonchev–Trinajstić information content (AvgIpc) is 3.75. The third-order valence-corrected chi connectivity index (χ3v) is 10.0. The third-order valence-electron chi connectivity index (χ3n) is 9.46. The zero-order chi connectivity index (χ0) is 41.0. The fraction of sp³-hybridized carbons (Fsp3) is 0.263. The number of benzene rings is 2. The van der Waals surface area contributed by atoms with Gasteiger partial charge in [0, 0.05) is 60.5 Å². The lowest BCUT2D eigenvalue weighted by atomic mass is 10.1. The Morgan fingerprint density at radius 2 is 1.53 bits per heavy atom. The van der Waals surface area contributed by atoms with E-state index in [0.717, 1.165) is 51.6 Å². The van der Waals surface area contributed by atoms with Crippen LogP contribution in [0, 0.1) is 6.92 Å². The van der Waals surface area contributed by atoms with E-state index >= 15 is 0 Å². The van der Waals surface area contributed by atoms with Crippen LogP contribution in [0.15, 0.2) is 71.6 Å². The summed E-state index contributed by atoms with van der Waals surface area (Å²) in [5.41, 5.74) is 5.13. The van der Waals surface area contributed by atoms with E-state index in [-0.39, 0.29) is 36.2 Å². The van der Waals surface area contributed by atoms with E-state index < -0.39 is 17.8 Å². The van der Waals surface area contributed by atoms with Crippen molar-refractivity contribution in [3.8, 4) is 0 Å². The summed E-state index contributed by atoms with van der Waals surface area (Å²) in [5, 5.41) is 26.7. The largest absolute Gasteiger partial charge is 0.465 e. The number of rotatable bonds is 9. The van der Waals surface area contributed by atoms with Crippen molar-refractivity contribution in [2.75, 3.05) is 45.0 Å². The predicted octanol–water partition coefficient (Wildman–Crippen LogP) is 7.08. The molecule has 0 saturated carbocycles. The first-order valence-corrected chi connectivity index (χ1v) is 18.8. The van der Waals surface area contributed by atoms with Gasteiger partial charge in [-0.05, 0) is 88.8 Å². The predicted molar refractivity (Wildman–Crippen MR) is 213 cm³/mol. The molecular weight excluding hydrogens is 825 g/mol. The summed E-state index contributed by atoms with van der Waals surface area (Å²) < 4.78 is 40.9. The molecule has 2 aromatic carbocycles. The van der Waals surface area contributed by atoms with Crippen LogP contribution in [-0.4, -0.2) is 72.0 Å². The van der Waals surface area contributed by atoms with Gasteiger partial charge in [0.2, 0.25) is 23.7 Å². The van der Waals surface area contributed by atoms with Crippen molar-refractivity contribution >= 4 is 80.1 Å². The van der Waals surface area contributed by atoms with Crippen LogP contribution in [0.3, 0.4) is 0 Å². The lowest BCUT2D eigenvalue weighted by Crippen LogP contribution is -2.41. The van der Waals surface area contributed by atoms with E-state index in [0.29, 0.717) is 54.8 Å². The summed E-state index contributed by atoms with van der Waals surface area (Å²) in [7, 11) is 0. The van der Waals surface area contributed by atoms with Gasteiger partial charge >= 0.3 is 12.3 Å². The average molecular weight is 862 g/mol. The summed E-state index contributed by atoms with van der Waals surface area (Å²) in [5.74, 6) is 0.624. The van der Waals surface area contributed by atoms with Gasteiger partial charge in [-0.15, -0.1) is 0 Å². The van der Waals surface area contributed by atoms with Gasteiger partial charge in [0.05, 0.1) is 29.6 Å². The number of hydrogen-bond donors (Lipinski definition) is 7. The minimum absolute atomic E-state index is 0.00693. The number of carboxylic acid groups (broad SMARTS) is 1. The van der Waals surface area contributed by atoms with Crippen LogP contribution in [0.2, 0.25) is 0 Å². The maximum atomic E-state index is 13.4. The van der Waals surface area contributed by atoms with Crippen molar-refractivity contribution < 1.29 is 32.7 Å². The summed E-state index contributed by atoms with van der Waals surface area (Å²) in [6, 6.07) is 14.5. The first kappa shape index (κ1) is 39.7. The highest BCUT2D eigenvalue weighted by molar-refractivity contribution is 9.10. The van der Waals surface area contributed by atoms with Crippen LogP contribution in [0.1, 0.15) is 40.8 Å². The third kappa shape index (κ3) is 9.68. The van der Waals surface area contributed by atoms with Crippen LogP contribution < -0.4 is 31.9 Å². The fourth-order valence-electron chi connectivity index (χ4n) is 6.45. The second-order valence-electron chi connectivity index (χ2n) is 13.6. The number of piperidine rings is 1. The van der Waals surface area contributed by atoms with Gasteiger partial charge in [0.15, 0.2) is 0 Å². The number of nitrogens with zero attached hydrogens (tertiary/aromatic N) is 6. The Hall–Kier alpha value is -6.57. The molecule has 0 atom stereocenters. The number of fused-ring (bicyclic) bond motifs is 2. The van der Waals surface area contributed by atoms with E-state index in [1.165, 1.54) is 4.90 Å². The number of likely N-dealkylation sites (tertiary alicyclic amines) is 1. The molecule has 1 saturated heterocycles. The normalized spacial score (nSPS) is 14.7. The van der Waals surface area contributed by atoms with Crippen molar-refractivity contribution in [3.63, 3.8) is 0 Å². The number of aryl methyl sites for hydroxylation is 1. The molecule has 300 valence electrons. The topological polar surface area (TPSA) is 211 Å². The Morgan fingerprint density at radius 3 is 2.24 bits per heavy atom.